The highest BCUT2D eigenvalue weighted by Crippen LogP contribution is 2.30. The van der Waals surface area contributed by atoms with Gasteiger partial charge in [0, 0.05) is 19.0 Å². The van der Waals surface area contributed by atoms with Gasteiger partial charge >= 0.3 is 5.76 Å². The number of oxazole rings is 1. The van der Waals surface area contributed by atoms with Crippen LogP contribution in [0.25, 0.3) is 11.1 Å². The van der Waals surface area contributed by atoms with Crippen molar-refractivity contribution in [3.8, 4) is 0 Å². The van der Waals surface area contributed by atoms with Crippen LogP contribution in [-0.4, -0.2) is 40.5 Å². The van der Waals surface area contributed by atoms with Crippen LogP contribution >= 0.6 is 0 Å². The van der Waals surface area contributed by atoms with Crippen molar-refractivity contribution in [2.45, 2.75) is 37.1 Å². The molecule has 0 unspecified atom stereocenters. The van der Waals surface area contributed by atoms with Gasteiger partial charge in [0.15, 0.2) is 11.4 Å². The summed E-state index contributed by atoms with van der Waals surface area (Å²) in [6, 6.07) is 14.0. The average Bonchev–Trinajstić information content (AvgIpc) is 3.39. The fourth-order valence-electron chi connectivity index (χ4n) is 4.01. The number of aryl methyl sites for hydroxylation is 1. The topological polar surface area (TPSA) is 111 Å². The number of benzene rings is 2. The van der Waals surface area contributed by atoms with Crippen LogP contribution in [0.4, 0.5) is 0 Å². The van der Waals surface area contributed by atoms with Gasteiger partial charge in [-0.1, -0.05) is 35.0 Å². The van der Waals surface area contributed by atoms with E-state index in [0.717, 1.165) is 5.56 Å². The second-order valence-corrected chi connectivity index (χ2v) is 9.90. The highest BCUT2D eigenvalue weighted by Gasteiger charge is 2.32. The van der Waals surface area contributed by atoms with Crippen LogP contribution in [-0.2, 0) is 16.6 Å². The lowest BCUT2D eigenvalue weighted by Crippen LogP contribution is -2.37. The first kappa shape index (κ1) is 20.7. The second-order valence-electron chi connectivity index (χ2n) is 7.96. The molecule has 1 fully saturated rings. The summed E-state index contributed by atoms with van der Waals surface area (Å²) in [5.74, 6) is 0.335. The summed E-state index contributed by atoms with van der Waals surface area (Å²) in [7, 11) is -3.52. The molecule has 9 nitrogen and oxygen atoms in total. The molecule has 4 aromatic rings. The lowest BCUT2D eigenvalue weighted by Gasteiger charge is -2.29. The number of fused-ring (bicyclic) bond motifs is 1. The van der Waals surface area contributed by atoms with E-state index in [1.807, 2.05) is 13.0 Å². The van der Waals surface area contributed by atoms with Crippen molar-refractivity contribution >= 4 is 21.1 Å². The normalized spacial score (nSPS) is 16.0. The number of hydrogen-bond acceptors (Lipinski definition) is 7. The fourth-order valence-corrected chi connectivity index (χ4v) is 5.47. The van der Waals surface area contributed by atoms with Gasteiger partial charge in [-0.15, -0.1) is 0 Å². The Morgan fingerprint density at radius 1 is 1.06 bits per heavy atom. The largest absolute Gasteiger partial charge is 0.420 e. The van der Waals surface area contributed by atoms with Crippen LogP contribution in [0.3, 0.4) is 0 Å². The number of piperidine rings is 1. The molecule has 0 aliphatic carbocycles. The van der Waals surface area contributed by atoms with Crippen molar-refractivity contribution in [3.63, 3.8) is 0 Å². The van der Waals surface area contributed by atoms with E-state index in [2.05, 4.69) is 10.1 Å². The van der Waals surface area contributed by atoms with Crippen molar-refractivity contribution in [3.05, 3.63) is 76.4 Å². The Kier molecular flexibility index (Phi) is 5.18. The van der Waals surface area contributed by atoms with Crippen molar-refractivity contribution in [1.82, 2.24) is 19.0 Å². The van der Waals surface area contributed by atoms with E-state index in [4.69, 9.17) is 8.94 Å². The van der Waals surface area contributed by atoms with E-state index in [-0.39, 0.29) is 12.5 Å². The summed E-state index contributed by atoms with van der Waals surface area (Å²) in [5, 5.41) is 4.02. The third-order valence-electron chi connectivity index (χ3n) is 5.82. The summed E-state index contributed by atoms with van der Waals surface area (Å²) >= 11 is 0. The zero-order valence-electron chi connectivity index (χ0n) is 17.5. The molecule has 0 saturated carbocycles. The van der Waals surface area contributed by atoms with Gasteiger partial charge in [0.1, 0.15) is 0 Å². The molecule has 32 heavy (non-hydrogen) atoms. The van der Waals surface area contributed by atoms with Crippen molar-refractivity contribution in [1.29, 1.82) is 0 Å². The third-order valence-corrected chi connectivity index (χ3v) is 7.73. The van der Waals surface area contributed by atoms with E-state index in [0.29, 0.717) is 53.6 Å². The van der Waals surface area contributed by atoms with Gasteiger partial charge in [0.05, 0.1) is 17.0 Å². The van der Waals surface area contributed by atoms with Crippen LogP contribution < -0.4 is 5.76 Å². The Bertz CT molecular complexity index is 1410. The van der Waals surface area contributed by atoms with Crippen LogP contribution in [0.5, 0.6) is 0 Å². The van der Waals surface area contributed by atoms with Gasteiger partial charge in [-0.2, -0.15) is 9.29 Å². The number of rotatable bonds is 5. The molecule has 10 heteroatoms. The molecule has 0 bridgehead atoms. The Morgan fingerprint density at radius 2 is 1.78 bits per heavy atom. The minimum atomic E-state index is -3.52. The highest BCUT2D eigenvalue weighted by molar-refractivity contribution is 7.89. The molecule has 1 aliphatic heterocycles. The molecule has 2 aromatic heterocycles. The number of nitrogens with zero attached hydrogens (tertiary/aromatic N) is 4. The summed E-state index contributed by atoms with van der Waals surface area (Å²) in [5.41, 5.74) is 2.18. The predicted molar refractivity (Wildman–Crippen MR) is 116 cm³/mol. The van der Waals surface area contributed by atoms with Gasteiger partial charge < -0.3 is 8.94 Å². The first-order chi connectivity index (χ1) is 15.4. The first-order valence-corrected chi connectivity index (χ1v) is 11.8. The SMILES string of the molecule is Cc1ccc(S(=O)(=O)N2CCC(c3nc(Cn4c(=O)oc5ccccc54)no3)CC2)cc1. The van der Waals surface area contributed by atoms with E-state index >= 15 is 0 Å². The van der Waals surface area contributed by atoms with Crippen molar-refractivity contribution in [2.24, 2.45) is 0 Å². The monoisotopic (exact) mass is 454 g/mol. The van der Waals surface area contributed by atoms with E-state index < -0.39 is 15.8 Å². The minimum Gasteiger partial charge on any atom is -0.408 e. The molecule has 1 saturated heterocycles. The van der Waals surface area contributed by atoms with Gasteiger partial charge in [0.2, 0.25) is 15.9 Å². The molecular weight excluding hydrogens is 432 g/mol. The smallest absolute Gasteiger partial charge is 0.408 e. The number of aromatic nitrogens is 3. The Balaban J connectivity index is 1.27. The van der Waals surface area contributed by atoms with E-state index in [1.165, 1.54) is 8.87 Å². The minimum absolute atomic E-state index is 0.0291. The second kappa shape index (κ2) is 8.03. The molecule has 1 aliphatic rings. The third kappa shape index (κ3) is 3.76. The molecule has 0 amide bonds. The van der Waals surface area contributed by atoms with Crippen LogP contribution in [0.15, 0.2) is 67.2 Å². The summed E-state index contributed by atoms with van der Waals surface area (Å²) in [6.45, 7) is 2.82. The molecule has 0 atom stereocenters. The summed E-state index contributed by atoms with van der Waals surface area (Å²) in [4.78, 5) is 16.9. The molecular formula is C22H22N4O5S. The van der Waals surface area contributed by atoms with Crippen LogP contribution in [0.2, 0.25) is 0 Å². The maximum atomic E-state index is 12.9. The molecule has 166 valence electrons. The molecule has 3 heterocycles. The van der Waals surface area contributed by atoms with E-state index in [9.17, 15) is 13.2 Å². The van der Waals surface area contributed by atoms with Gasteiger partial charge in [0.25, 0.3) is 0 Å². The molecule has 2 aromatic carbocycles. The molecule has 0 radical (unpaired) electrons. The maximum absolute atomic E-state index is 12.9. The lowest BCUT2D eigenvalue weighted by atomic mass is 9.98. The lowest BCUT2D eigenvalue weighted by molar-refractivity contribution is 0.270. The van der Waals surface area contributed by atoms with Crippen molar-refractivity contribution < 1.29 is 17.4 Å². The first-order valence-electron chi connectivity index (χ1n) is 10.4. The quantitative estimate of drug-likeness (QED) is 0.456. The highest BCUT2D eigenvalue weighted by atomic mass is 32.2. The van der Waals surface area contributed by atoms with Gasteiger partial charge in [-0.05, 0) is 44.0 Å². The van der Waals surface area contributed by atoms with Crippen molar-refractivity contribution in [2.75, 3.05) is 13.1 Å². The number of hydrogen-bond donors (Lipinski definition) is 0. The standard InChI is InChI=1S/C22H22N4O5S/c1-15-6-8-17(9-7-15)32(28,29)25-12-10-16(11-13-25)21-23-20(24-31-21)14-26-18-4-2-3-5-19(18)30-22(26)27/h2-9,16H,10-14H2,1H3. The van der Waals surface area contributed by atoms with Gasteiger partial charge in [-0.3, -0.25) is 4.57 Å². The Hall–Kier alpha value is -3.24. The van der Waals surface area contributed by atoms with Crippen LogP contribution in [0.1, 0.15) is 36.0 Å². The Labute approximate surface area is 184 Å². The summed E-state index contributed by atoms with van der Waals surface area (Å²) in [6.07, 6.45) is 1.17. The fraction of sp³-hybridized carbons (Fsp3) is 0.318. The maximum Gasteiger partial charge on any atom is 0.420 e. The Morgan fingerprint density at radius 3 is 2.53 bits per heavy atom. The molecule has 5 rings (SSSR count). The summed E-state index contributed by atoms with van der Waals surface area (Å²) < 4.78 is 39.4. The van der Waals surface area contributed by atoms with E-state index in [1.54, 1.807) is 42.5 Å². The zero-order valence-corrected chi connectivity index (χ0v) is 18.3. The number of sulfonamides is 1. The zero-order chi connectivity index (χ0) is 22.3. The molecule has 0 N–H and O–H groups in total. The van der Waals surface area contributed by atoms with Gasteiger partial charge in [-0.25, -0.2) is 13.2 Å². The molecule has 0 spiro atoms. The number of para-hydroxylation sites is 2. The average molecular weight is 455 g/mol. The predicted octanol–water partition coefficient (Wildman–Crippen LogP) is 2.90. The van der Waals surface area contributed by atoms with Crippen LogP contribution in [0, 0.1) is 6.92 Å².